The third-order valence-electron chi connectivity index (χ3n) is 4.46. The largest absolute Gasteiger partial charge is 0.508 e. The molecule has 2 aromatic carbocycles. The van der Waals surface area contributed by atoms with Gasteiger partial charge in [0.05, 0.1) is 16.1 Å². The summed E-state index contributed by atoms with van der Waals surface area (Å²) in [6.07, 6.45) is 1.67. The maximum Gasteiger partial charge on any atom is 0.270 e. The molecule has 1 N–H and O–H groups in total. The Morgan fingerprint density at radius 2 is 2.00 bits per heavy atom. The number of halogens is 1. The number of amides is 1. The summed E-state index contributed by atoms with van der Waals surface area (Å²) < 4.78 is 11.2. The molecule has 0 spiro atoms. The normalized spacial score (nSPS) is 17.0. The second kappa shape index (κ2) is 6.91. The number of thiocarbonyl (C=S) groups is 1. The lowest BCUT2D eigenvalue weighted by molar-refractivity contribution is -0.113. The van der Waals surface area contributed by atoms with Crippen molar-refractivity contribution in [2.45, 2.75) is 0 Å². The van der Waals surface area contributed by atoms with Crippen molar-refractivity contribution in [3.05, 3.63) is 58.1 Å². The van der Waals surface area contributed by atoms with Crippen LogP contribution in [0, 0.1) is 0 Å². The molecule has 5 rings (SSSR count). The van der Waals surface area contributed by atoms with Crippen molar-refractivity contribution in [2.24, 2.45) is 0 Å². The number of carbonyl (C=O) groups is 1. The number of hydrogen-bond acceptors (Lipinski definition) is 7. The Balaban J connectivity index is 1.54. The van der Waals surface area contributed by atoms with Gasteiger partial charge in [-0.05, 0) is 30.3 Å². The van der Waals surface area contributed by atoms with Crippen molar-refractivity contribution >= 4 is 68.5 Å². The van der Waals surface area contributed by atoms with Crippen molar-refractivity contribution in [1.82, 2.24) is 4.98 Å². The first-order valence-electron chi connectivity index (χ1n) is 8.46. The molecule has 0 aliphatic carbocycles. The van der Waals surface area contributed by atoms with Crippen LogP contribution in [0.1, 0.15) is 5.56 Å². The smallest absolute Gasteiger partial charge is 0.270 e. The summed E-state index contributed by atoms with van der Waals surface area (Å²) >= 11 is 12.9. The van der Waals surface area contributed by atoms with Crippen molar-refractivity contribution < 1.29 is 19.4 Å². The van der Waals surface area contributed by atoms with Gasteiger partial charge in [-0.2, -0.15) is 0 Å². The van der Waals surface area contributed by atoms with Crippen LogP contribution in [0.15, 0.2) is 47.4 Å². The minimum atomic E-state index is -0.285. The molecule has 3 aromatic rings. The average Bonchev–Trinajstić information content (AvgIpc) is 3.24. The molecule has 0 saturated carbocycles. The predicted octanol–water partition coefficient (Wildman–Crippen LogP) is 4.73. The number of phenols is 1. The topological polar surface area (TPSA) is 71.9 Å². The molecule has 0 radical (unpaired) electrons. The van der Waals surface area contributed by atoms with Gasteiger partial charge in [-0.3, -0.25) is 9.69 Å². The molecule has 144 valence electrons. The van der Waals surface area contributed by atoms with Crippen LogP contribution in [0.4, 0.5) is 5.69 Å². The van der Waals surface area contributed by atoms with Gasteiger partial charge in [0.15, 0.2) is 15.8 Å². The minimum Gasteiger partial charge on any atom is -0.508 e. The Kier molecular flexibility index (Phi) is 4.34. The van der Waals surface area contributed by atoms with Crippen molar-refractivity contribution in [3.8, 4) is 17.2 Å². The van der Waals surface area contributed by atoms with Gasteiger partial charge >= 0.3 is 0 Å². The molecule has 6 nitrogen and oxygen atoms in total. The Bertz CT molecular complexity index is 1240. The van der Waals surface area contributed by atoms with E-state index in [-0.39, 0.29) is 23.6 Å². The lowest BCUT2D eigenvalue weighted by Crippen LogP contribution is -2.27. The van der Waals surface area contributed by atoms with E-state index in [1.165, 1.54) is 28.8 Å². The van der Waals surface area contributed by atoms with E-state index in [1.54, 1.807) is 24.3 Å². The van der Waals surface area contributed by atoms with Crippen LogP contribution in [-0.2, 0) is 4.79 Å². The zero-order valence-corrected chi connectivity index (χ0v) is 17.0. The van der Waals surface area contributed by atoms with E-state index in [0.29, 0.717) is 37.5 Å². The Morgan fingerprint density at radius 3 is 2.79 bits per heavy atom. The maximum atomic E-state index is 12.9. The molecule has 1 fully saturated rings. The van der Waals surface area contributed by atoms with Crippen LogP contribution in [0.5, 0.6) is 17.2 Å². The van der Waals surface area contributed by atoms with Gasteiger partial charge in [0.1, 0.15) is 10.9 Å². The van der Waals surface area contributed by atoms with Gasteiger partial charge in [0.25, 0.3) is 5.91 Å². The first-order valence-corrected chi connectivity index (χ1v) is 10.1. The van der Waals surface area contributed by atoms with Crippen LogP contribution >= 0.6 is 35.6 Å². The van der Waals surface area contributed by atoms with E-state index in [9.17, 15) is 9.90 Å². The molecule has 0 atom stereocenters. The number of aromatic hydroxyl groups is 1. The van der Waals surface area contributed by atoms with Crippen LogP contribution in [0.3, 0.4) is 0 Å². The van der Waals surface area contributed by atoms with E-state index < -0.39 is 0 Å². The zero-order valence-electron chi connectivity index (χ0n) is 14.6. The summed E-state index contributed by atoms with van der Waals surface area (Å²) in [7, 11) is 0. The average molecular weight is 443 g/mol. The van der Waals surface area contributed by atoms with Gasteiger partial charge in [-0.1, -0.05) is 41.6 Å². The summed E-state index contributed by atoms with van der Waals surface area (Å²) in [5, 5.41) is 10.8. The maximum absolute atomic E-state index is 12.9. The molecule has 1 amide bonds. The summed E-state index contributed by atoms with van der Waals surface area (Å²) in [5.41, 5.74) is 1.77. The van der Waals surface area contributed by atoms with Gasteiger partial charge in [-0.15, -0.1) is 0 Å². The van der Waals surface area contributed by atoms with E-state index in [1.807, 2.05) is 12.1 Å². The quantitative estimate of drug-likeness (QED) is 0.349. The number of rotatable bonds is 2. The Hall–Kier alpha value is -2.81. The number of carbonyl (C=O) groups excluding carboxylic acids is 1. The van der Waals surface area contributed by atoms with Gasteiger partial charge in [-0.25, -0.2) is 4.98 Å². The molecule has 2 aliphatic heterocycles. The third kappa shape index (κ3) is 3.19. The highest BCUT2D eigenvalue weighted by molar-refractivity contribution is 8.27. The number of fused-ring (bicyclic) bond motifs is 2. The van der Waals surface area contributed by atoms with E-state index in [2.05, 4.69) is 4.98 Å². The molecule has 3 heterocycles. The molecule has 1 aromatic heterocycles. The predicted molar refractivity (Wildman–Crippen MR) is 117 cm³/mol. The zero-order chi connectivity index (χ0) is 20.1. The molecular formula is C20H11ClN2O4S2. The monoisotopic (exact) mass is 442 g/mol. The number of aromatic nitrogens is 1. The number of benzene rings is 2. The SMILES string of the molecule is O=C1/C(=C/c2cc3cc4c(cc3nc2Cl)OCO4)SC(=S)N1c1cccc(O)c1. The first-order chi connectivity index (χ1) is 14.0. The summed E-state index contributed by atoms with van der Waals surface area (Å²) in [5.74, 6) is 1.04. The third-order valence-corrected chi connectivity index (χ3v) is 6.06. The van der Waals surface area contributed by atoms with Crippen LogP contribution in [0.2, 0.25) is 5.15 Å². The highest BCUT2D eigenvalue weighted by atomic mass is 35.5. The fourth-order valence-corrected chi connectivity index (χ4v) is 4.61. The molecule has 1 saturated heterocycles. The molecule has 2 aliphatic rings. The second-order valence-corrected chi connectivity index (χ2v) is 8.34. The van der Waals surface area contributed by atoms with Crippen molar-refractivity contribution in [2.75, 3.05) is 11.7 Å². The van der Waals surface area contributed by atoms with E-state index >= 15 is 0 Å². The van der Waals surface area contributed by atoms with Crippen molar-refractivity contribution in [1.29, 1.82) is 0 Å². The molecular weight excluding hydrogens is 432 g/mol. The van der Waals surface area contributed by atoms with E-state index in [0.717, 1.165) is 5.39 Å². The summed E-state index contributed by atoms with van der Waals surface area (Å²) in [4.78, 5) is 19.1. The van der Waals surface area contributed by atoms with Crippen LogP contribution < -0.4 is 14.4 Å². The molecule has 29 heavy (non-hydrogen) atoms. The number of anilines is 1. The fourth-order valence-electron chi connectivity index (χ4n) is 3.12. The lowest BCUT2D eigenvalue weighted by Gasteiger charge is -2.14. The van der Waals surface area contributed by atoms with Gasteiger partial charge in [0.2, 0.25) is 6.79 Å². The van der Waals surface area contributed by atoms with Crippen LogP contribution in [0.25, 0.3) is 17.0 Å². The fraction of sp³-hybridized carbons (Fsp3) is 0.0500. The van der Waals surface area contributed by atoms with Gasteiger partial charge in [0, 0.05) is 23.1 Å². The molecule has 0 bridgehead atoms. The van der Waals surface area contributed by atoms with Crippen LogP contribution in [-0.4, -0.2) is 27.1 Å². The standard InChI is InChI=1S/C20H11ClN2O4S2/c21-18-11(4-10-5-15-16(27-9-26-15)8-14(10)22-18)6-17-19(25)23(20(28)29-17)12-2-1-3-13(24)7-12/h1-8,24H,9H2/b17-6-. The highest BCUT2D eigenvalue weighted by Gasteiger charge is 2.33. The van der Waals surface area contributed by atoms with Gasteiger partial charge < -0.3 is 14.6 Å². The number of nitrogens with zero attached hydrogens (tertiary/aromatic N) is 2. The second-order valence-electron chi connectivity index (χ2n) is 6.30. The van der Waals surface area contributed by atoms with Crippen molar-refractivity contribution in [3.63, 3.8) is 0 Å². The van der Waals surface area contributed by atoms with E-state index in [4.69, 9.17) is 33.3 Å². The number of hydrogen-bond donors (Lipinski definition) is 1. The summed E-state index contributed by atoms with van der Waals surface area (Å²) in [6, 6.07) is 11.8. The number of thioether (sulfide) groups is 1. The molecule has 9 heteroatoms. The number of pyridine rings is 1. The first kappa shape index (κ1) is 18.2. The lowest BCUT2D eigenvalue weighted by atomic mass is 10.1. The Labute approximate surface area is 179 Å². The summed E-state index contributed by atoms with van der Waals surface area (Å²) in [6.45, 7) is 0.170. The number of ether oxygens (including phenoxy) is 2. The Morgan fingerprint density at radius 1 is 1.21 bits per heavy atom. The number of phenolic OH excluding ortho intramolecular Hbond substituents is 1. The highest BCUT2D eigenvalue weighted by Crippen LogP contribution is 2.39. The minimum absolute atomic E-state index is 0.0565. The molecule has 0 unspecified atom stereocenters.